The summed E-state index contributed by atoms with van der Waals surface area (Å²) >= 11 is 0. The molecule has 1 heteroatoms. The van der Waals surface area contributed by atoms with Crippen molar-refractivity contribution in [3.63, 3.8) is 0 Å². The second-order valence-corrected chi connectivity index (χ2v) is 16.6. The van der Waals surface area contributed by atoms with E-state index in [1.807, 2.05) is 0 Å². The molecule has 1 atom stereocenters. The Morgan fingerprint density at radius 1 is 0.424 bits per heavy atom. The standard InChI is InChI=1S/C58H43N/c1-4-18-40(19-5-1)46-25-13-17-31-56(46)59(44-32-34-49-47-26-11-15-29-52(47)57(54(49)38-44)37-36-41-20-10-14-28-51(41)57)45-33-35-50-48-27-12-16-30-53(48)58(55(50)39-45,42-21-6-2-7-22-42)43-23-8-3-9-24-43/h1-11,13-26,28-35,38-39H,12,27,36-37H2. The number of aryl methyl sites for hydroxylation is 1. The second kappa shape index (κ2) is 13.3. The van der Waals surface area contributed by atoms with Gasteiger partial charge in [0.1, 0.15) is 0 Å². The van der Waals surface area contributed by atoms with Crippen molar-refractivity contribution in [1.82, 2.24) is 0 Å². The molecule has 0 saturated carbocycles. The van der Waals surface area contributed by atoms with Crippen molar-refractivity contribution in [2.75, 3.05) is 4.90 Å². The van der Waals surface area contributed by atoms with Gasteiger partial charge in [-0.25, -0.2) is 0 Å². The lowest BCUT2D eigenvalue weighted by Crippen LogP contribution is -2.30. The molecular weight excluding hydrogens is 711 g/mol. The van der Waals surface area contributed by atoms with Gasteiger partial charge in [-0.15, -0.1) is 0 Å². The minimum Gasteiger partial charge on any atom is -0.310 e. The van der Waals surface area contributed by atoms with Crippen LogP contribution in [0, 0.1) is 0 Å². The van der Waals surface area contributed by atoms with Crippen molar-refractivity contribution in [1.29, 1.82) is 0 Å². The summed E-state index contributed by atoms with van der Waals surface area (Å²) in [5.74, 6) is 0. The van der Waals surface area contributed by atoms with Crippen molar-refractivity contribution in [3.8, 4) is 22.3 Å². The van der Waals surface area contributed by atoms with Crippen molar-refractivity contribution in [2.45, 2.75) is 36.5 Å². The molecule has 0 aliphatic heterocycles. The van der Waals surface area contributed by atoms with Gasteiger partial charge in [0.2, 0.25) is 0 Å². The van der Waals surface area contributed by atoms with Crippen LogP contribution in [0.1, 0.15) is 63.8 Å². The van der Waals surface area contributed by atoms with Gasteiger partial charge in [-0.05, 0) is 128 Å². The summed E-state index contributed by atoms with van der Waals surface area (Å²) in [7, 11) is 0. The Bertz CT molecular complexity index is 2950. The van der Waals surface area contributed by atoms with E-state index in [4.69, 9.17) is 0 Å². The van der Waals surface area contributed by atoms with E-state index in [0.717, 1.165) is 37.1 Å². The molecule has 4 aliphatic rings. The molecule has 1 nitrogen and oxygen atoms in total. The average molecular weight is 754 g/mol. The van der Waals surface area contributed by atoms with Gasteiger partial charge in [0.15, 0.2) is 0 Å². The summed E-state index contributed by atoms with van der Waals surface area (Å²) in [6.45, 7) is 0. The van der Waals surface area contributed by atoms with Crippen LogP contribution in [0.5, 0.6) is 0 Å². The van der Waals surface area contributed by atoms with Gasteiger partial charge in [-0.1, -0.05) is 182 Å². The lowest BCUT2D eigenvalue weighted by Gasteiger charge is -2.36. The first kappa shape index (κ1) is 34.1. The van der Waals surface area contributed by atoms with Gasteiger partial charge in [0.25, 0.3) is 0 Å². The Labute approximate surface area is 347 Å². The van der Waals surface area contributed by atoms with Crippen LogP contribution in [0.4, 0.5) is 17.1 Å². The molecule has 0 amide bonds. The van der Waals surface area contributed by atoms with E-state index >= 15 is 0 Å². The molecule has 1 unspecified atom stereocenters. The van der Waals surface area contributed by atoms with E-state index < -0.39 is 5.41 Å². The Hall–Kier alpha value is -6.96. The molecule has 0 radical (unpaired) electrons. The highest BCUT2D eigenvalue weighted by Gasteiger charge is 2.49. The summed E-state index contributed by atoms with van der Waals surface area (Å²) in [4.78, 5) is 2.55. The van der Waals surface area contributed by atoms with Crippen LogP contribution >= 0.6 is 0 Å². The van der Waals surface area contributed by atoms with Gasteiger partial charge in [-0.2, -0.15) is 0 Å². The van der Waals surface area contributed by atoms with E-state index in [-0.39, 0.29) is 5.41 Å². The van der Waals surface area contributed by atoms with Crippen LogP contribution in [0.2, 0.25) is 0 Å². The maximum atomic E-state index is 2.55. The smallest absolute Gasteiger partial charge is 0.0710 e. The number of fused-ring (bicyclic) bond motifs is 9. The highest BCUT2D eigenvalue weighted by atomic mass is 15.1. The van der Waals surface area contributed by atoms with Crippen molar-refractivity contribution < 1.29 is 0 Å². The van der Waals surface area contributed by atoms with Gasteiger partial charge in [0.05, 0.1) is 11.1 Å². The zero-order valence-corrected chi connectivity index (χ0v) is 33.0. The molecule has 0 bridgehead atoms. The maximum absolute atomic E-state index is 2.55. The molecular formula is C58H43N. The zero-order chi connectivity index (χ0) is 39.0. The number of benzene rings is 8. The Morgan fingerprint density at radius 3 is 1.75 bits per heavy atom. The van der Waals surface area contributed by atoms with Crippen LogP contribution < -0.4 is 4.90 Å². The fourth-order valence-electron chi connectivity index (χ4n) is 11.5. The summed E-state index contributed by atoms with van der Waals surface area (Å²) in [6.07, 6.45) is 9.05. The maximum Gasteiger partial charge on any atom is 0.0710 e. The first-order valence-electron chi connectivity index (χ1n) is 21.2. The minimum absolute atomic E-state index is 0.188. The third-order valence-corrected chi connectivity index (χ3v) is 13.9. The molecule has 4 aliphatic carbocycles. The van der Waals surface area contributed by atoms with Crippen LogP contribution in [-0.2, 0) is 17.3 Å². The van der Waals surface area contributed by atoms with Crippen LogP contribution in [0.25, 0.3) is 27.8 Å². The Balaban J connectivity index is 1.14. The predicted molar refractivity (Wildman–Crippen MR) is 245 cm³/mol. The third-order valence-electron chi connectivity index (χ3n) is 13.9. The molecule has 12 rings (SSSR count). The molecule has 1 spiro atoms. The van der Waals surface area contributed by atoms with Crippen molar-refractivity contribution >= 4 is 22.6 Å². The first-order valence-corrected chi connectivity index (χ1v) is 21.2. The topological polar surface area (TPSA) is 3.24 Å². The van der Waals surface area contributed by atoms with Gasteiger partial charge in [-0.3, -0.25) is 0 Å². The fraction of sp³-hybridized carbons (Fsp3) is 0.103. The summed E-state index contributed by atoms with van der Waals surface area (Å²) in [6, 6.07) is 75.3. The molecule has 0 saturated heterocycles. The van der Waals surface area contributed by atoms with Gasteiger partial charge in [0, 0.05) is 22.4 Å². The molecule has 0 N–H and O–H groups in total. The molecule has 8 aromatic carbocycles. The van der Waals surface area contributed by atoms with Crippen molar-refractivity contribution in [2.24, 2.45) is 0 Å². The van der Waals surface area contributed by atoms with E-state index in [9.17, 15) is 0 Å². The summed E-state index contributed by atoms with van der Waals surface area (Å²) < 4.78 is 0. The molecule has 0 fully saturated rings. The SMILES string of the molecule is C1=CC2=C(CC1)c1ccc(N(c3ccc4c(c3)C3(CCc5ccccc53)c3ccccc3-4)c3ccccc3-c3ccccc3)cc1C2(c1ccccc1)c1ccccc1. The molecule has 0 aromatic heterocycles. The molecule has 280 valence electrons. The number of hydrogen-bond donors (Lipinski definition) is 0. The Morgan fingerprint density at radius 2 is 1.00 bits per heavy atom. The largest absolute Gasteiger partial charge is 0.310 e. The van der Waals surface area contributed by atoms with E-state index in [0.29, 0.717) is 0 Å². The normalized spacial score (nSPS) is 17.6. The number of para-hydroxylation sites is 1. The molecule has 8 aromatic rings. The molecule has 0 heterocycles. The van der Waals surface area contributed by atoms with E-state index in [1.54, 1.807) is 0 Å². The lowest BCUT2D eigenvalue weighted by molar-refractivity contribution is 0.626. The van der Waals surface area contributed by atoms with Crippen LogP contribution in [-0.4, -0.2) is 0 Å². The summed E-state index contributed by atoms with van der Waals surface area (Å²) in [5, 5.41) is 0. The quantitative estimate of drug-likeness (QED) is 0.163. The zero-order valence-electron chi connectivity index (χ0n) is 33.0. The predicted octanol–water partition coefficient (Wildman–Crippen LogP) is 14.5. The number of rotatable bonds is 6. The molecule has 59 heavy (non-hydrogen) atoms. The number of anilines is 3. The van der Waals surface area contributed by atoms with Crippen molar-refractivity contribution in [3.05, 3.63) is 262 Å². The second-order valence-electron chi connectivity index (χ2n) is 16.6. The van der Waals surface area contributed by atoms with Gasteiger partial charge >= 0.3 is 0 Å². The first-order chi connectivity index (χ1) is 29.3. The lowest BCUT2D eigenvalue weighted by atomic mass is 9.66. The van der Waals surface area contributed by atoms with Gasteiger partial charge < -0.3 is 4.90 Å². The monoisotopic (exact) mass is 753 g/mol. The van der Waals surface area contributed by atoms with E-state index in [2.05, 4.69) is 217 Å². The van der Waals surface area contributed by atoms with Crippen LogP contribution in [0.15, 0.2) is 218 Å². The summed E-state index contributed by atoms with van der Waals surface area (Å²) in [5.41, 5.74) is 21.9. The average Bonchev–Trinajstić information content (AvgIpc) is 3.94. The minimum atomic E-state index is -0.456. The fourth-order valence-corrected chi connectivity index (χ4v) is 11.5. The van der Waals surface area contributed by atoms with Crippen LogP contribution in [0.3, 0.4) is 0 Å². The highest BCUT2D eigenvalue weighted by Crippen LogP contribution is 2.61. The highest BCUT2D eigenvalue weighted by molar-refractivity contribution is 5.94. The Kier molecular flexibility index (Phi) is 7.69. The van der Waals surface area contributed by atoms with E-state index in [1.165, 1.54) is 83.6 Å². The number of hydrogen-bond acceptors (Lipinski definition) is 1. The number of allylic oxidation sites excluding steroid dienone is 4. The third kappa shape index (κ3) is 4.85. The number of nitrogens with zero attached hydrogens (tertiary/aromatic N) is 1.